The van der Waals surface area contributed by atoms with Gasteiger partial charge in [-0.1, -0.05) is 18.9 Å². The van der Waals surface area contributed by atoms with Crippen LogP contribution in [0.25, 0.3) is 6.08 Å². The summed E-state index contributed by atoms with van der Waals surface area (Å²) in [5.41, 5.74) is 0.467. The second-order valence-electron chi connectivity index (χ2n) is 6.52. The number of amides is 1. The minimum Gasteiger partial charge on any atom is -0.495 e. The van der Waals surface area contributed by atoms with Gasteiger partial charge in [0.05, 0.1) is 7.11 Å². The lowest BCUT2D eigenvalue weighted by Crippen LogP contribution is -2.40. The van der Waals surface area contributed by atoms with Gasteiger partial charge < -0.3 is 14.8 Å². The molecule has 2 rings (SSSR count). The molecule has 1 amide bonds. The summed E-state index contributed by atoms with van der Waals surface area (Å²) < 4.78 is 36.6. The first-order chi connectivity index (χ1) is 13.3. The number of benzene rings is 1. The van der Waals surface area contributed by atoms with Crippen LogP contribution in [-0.2, 0) is 24.3 Å². The maximum Gasteiger partial charge on any atom is 0.331 e. The number of esters is 1. The Morgan fingerprint density at radius 3 is 2.54 bits per heavy atom. The van der Waals surface area contributed by atoms with Crippen molar-refractivity contribution >= 4 is 28.0 Å². The second kappa shape index (κ2) is 9.70. The molecule has 8 nitrogen and oxygen atoms in total. The summed E-state index contributed by atoms with van der Waals surface area (Å²) in [6.07, 6.45) is 5.73. The topological polar surface area (TPSA) is 111 Å². The number of hydrogen-bond acceptors (Lipinski definition) is 6. The number of ether oxygens (including phenoxy) is 2. The highest BCUT2D eigenvalue weighted by molar-refractivity contribution is 7.89. The van der Waals surface area contributed by atoms with E-state index < -0.39 is 22.1 Å². The van der Waals surface area contributed by atoms with Crippen LogP contribution >= 0.6 is 0 Å². The lowest BCUT2D eigenvalue weighted by Gasteiger charge is -2.16. The van der Waals surface area contributed by atoms with E-state index in [1.807, 2.05) is 0 Å². The summed E-state index contributed by atoms with van der Waals surface area (Å²) in [6, 6.07) is 4.63. The third kappa shape index (κ3) is 5.80. The Kier molecular flexibility index (Phi) is 7.59. The number of methoxy groups -OCH3 is 1. The second-order valence-corrected chi connectivity index (χ2v) is 8.38. The molecule has 1 aliphatic rings. The maximum atomic E-state index is 12.1. The van der Waals surface area contributed by atoms with Crippen molar-refractivity contribution in [2.45, 2.75) is 49.6 Å². The Hall–Kier alpha value is -2.39. The van der Waals surface area contributed by atoms with Gasteiger partial charge in [0.25, 0.3) is 5.91 Å². The molecule has 2 N–H and O–H groups in total. The standard InChI is InChI=1S/C19H26N2O6S/c1-13(19(23)21-15-6-4-5-7-15)27-18(22)11-9-14-8-10-16(26-3)17(12-14)28(24,25)20-2/h8-13,15,20H,4-7H2,1-3H3,(H,21,23)/b11-9+/t13-/m1/s1. The van der Waals surface area contributed by atoms with E-state index >= 15 is 0 Å². The highest BCUT2D eigenvalue weighted by Crippen LogP contribution is 2.25. The number of carbonyl (C=O) groups is 2. The van der Waals surface area contributed by atoms with Gasteiger partial charge in [-0.3, -0.25) is 4.79 Å². The van der Waals surface area contributed by atoms with E-state index in [0.29, 0.717) is 5.56 Å². The largest absolute Gasteiger partial charge is 0.495 e. The van der Waals surface area contributed by atoms with Crippen molar-refractivity contribution in [3.63, 3.8) is 0 Å². The van der Waals surface area contributed by atoms with Crippen molar-refractivity contribution < 1.29 is 27.5 Å². The Bertz CT molecular complexity index is 844. The number of hydrogen-bond donors (Lipinski definition) is 2. The van der Waals surface area contributed by atoms with Crippen molar-refractivity contribution in [1.82, 2.24) is 10.0 Å². The van der Waals surface area contributed by atoms with Crippen molar-refractivity contribution in [1.29, 1.82) is 0 Å². The molecule has 1 atom stereocenters. The molecule has 0 heterocycles. The van der Waals surface area contributed by atoms with Crippen LogP contribution in [0.15, 0.2) is 29.2 Å². The van der Waals surface area contributed by atoms with Crippen LogP contribution in [0.4, 0.5) is 0 Å². The average Bonchev–Trinajstić information content (AvgIpc) is 3.19. The first-order valence-corrected chi connectivity index (χ1v) is 10.6. The van der Waals surface area contributed by atoms with E-state index in [-0.39, 0.29) is 22.6 Å². The van der Waals surface area contributed by atoms with Gasteiger partial charge in [0, 0.05) is 12.1 Å². The van der Waals surface area contributed by atoms with Gasteiger partial charge in [-0.25, -0.2) is 17.9 Å². The van der Waals surface area contributed by atoms with Crippen LogP contribution < -0.4 is 14.8 Å². The maximum absolute atomic E-state index is 12.1. The zero-order valence-electron chi connectivity index (χ0n) is 16.2. The monoisotopic (exact) mass is 410 g/mol. The minimum atomic E-state index is -3.72. The first-order valence-electron chi connectivity index (χ1n) is 9.07. The van der Waals surface area contributed by atoms with Crippen molar-refractivity contribution in [2.75, 3.05) is 14.2 Å². The van der Waals surface area contributed by atoms with E-state index in [4.69, 9.17) is 9.47 Å². The van der Waals surface area contributed by atoms with Gasteiger partial charge >= 0.3 is 5.97 Å². The summed E-state index contributed by atoms with van der Waals surface area (Å²) in [5.74, 6) is -0.824. The molecule has 0 aliphatic heterocycles. The fraction of sp³-hybridized carbons (Fsp3) is 0.474. The lowest BCUT2D eigenvalue weighted by molar-refractivity contribution is -0.150. The molecule has 28 heavy (non-hydrogen) atoms. The van der Waals surface area contributed by atoms with E-state index in [2.05, 4.69) is 10.0 Å². The molecule has 0 radical (unpaired) electrons. The quantitative estimate of drug-likeness (QED) is 0.498. The number of nitrogens with one attached hydrogen (secondary N) is 2. The smallest absolute Gasteiger partial charge is 0.331 e. The molecular formula is C19H26N2O6S. The van der Waals surface area contributed by atoms with Gasteiger partial charge in [0.2, 0.25) is 10.0 Å². The van der Waals surface area contributed by atoms with Gasteiger partial charge in [-0.2, -0.15) is 0 Å². The SMILES string of the molecule is CNS(=O)(=O)c1cc(/C=C/C(=O)O[C@H](C)C(=O)NC2CCCC2)ccc1OC. The van der Waals surface area contributed by atoms with E-state index in [0.717, 1.165) is 31.8 Å². The van der Waals surface area contributed by atoms with Crippen LogP contribution in [0.2, 0.25) is 0 Å². The molecule has 0 saturated heterocycles. The minimum absolute atomic E-state index is 0.0441. The van der Waals surface area contributed by atoms with Gasteiger partial charge in [0.1, 0.15) is 10.6 Å². The van der Waals surface area contributed by atoms with E-state index in [1.54, 1.807) is 6.07 Å². The normalized spacial score (nSPS) is 16.1. The molecule has 0 unspecified atom stereocenters. The summed E-state index contributed by atoms with van der Waals surface area (Å²) in [5, 5.41) is 2.87. The summed E-state index contributed by atoms with van der Waals surface area (Å²) in [6.45, 7) is 1.51. The predicted molar refractivity (Wildman–Crippen MR) is 104 cm³/mol. The van der Waals surface area contributed by atoms with Crippen LogP contribution in [-0.4, -0.2) is 46.6 Å². The number of carbonyl (C=O) groups excluding carboxylic acids is 2. The Labute approximate surface area is 165 Å². The number of rotatable bonds is 8. The third-order valence-electron chi connectivity index (χ3n) is 4.52. The molecule has 1 aromatic carbocycles. The summed E-state index contributed by atoms with van der Waals surface area (Å²) >= 11 is 0. The van der Waals surface area contributed by atoms with Crippen LogP contribution in [0.5, 0.6) is 5.75 Å². The predicted octanol–water partition coefficient (Wildman–Crippen LogP) is 1.61. The Morgan fingerprint density at radius 2 is 1.93 bits per heavy atom. The molecule has 1 fully saturated rings. The highest BCUT2D eigenvalue weighted by atomic mass is 32.2. The Balaban J connectivity index is 2.01. The third-order valence-corrected chi connectivity index (χ3v) is 5.96. The van der Waals surface area contributed by atoms with E-state index in [1.165, 1.54) is 39.3 Å². The molecule has 9 heteroatoms. The van der Waals surface area contributed by atoms with Crippen molar-refractivity contribution in [3.05, 3.63) is 29.8 Å². The van der Waals surface area contributed by atoms with Crippen molar-refractivity contribution in [3.8, 4) is 5.75 Å². The molecular weight excluding hydrogens is 384 g/mol. The van der Waals surface area contributed by atoms with Crippen LogP contribution in [0, 0.1) is 0 Å². The Morgan fingerprint density at radius 1 is 1.25 bits per heavy atom. The van der Waals surface area contributed by atoms with Gasteiger partial charge in [-0.05, 0) is 50.6 Å². The lowest BCUT2D eigenvalue weighted by atomic mass is 10.2. The first kappa shape index (κ1) is 21.9. The fourth-order valence-electron chi connectivity index (χ4n) is 2.94. The molecule has 1 aromatic rings. The van der Waals surface area contributed by atoms with E-state index in [9.17, 15) is 18.0 Å². The molecule has 1 aliphatic carbocycles. The molecule has 0 aromatic heterocycles. The van der Waals surface area contributed by atoms with Crippen LogP contribution in [0.3, 0.4) is 0 Å². The summed E-state index contributed by atoms with van der Waals surface area (Å²) in [7, 11) is -1.05. The fourth-order valence-corrected chi connectivity index (χ4v) is 3.86. The van der Waals surface area contributed by atoms with Crippen molar-refractivity contribution in [2.24, 2.45) is 0 Å². The zero-order chi connectivity index (χ0) is 20.7. The zero-order valence-corrected chi connectivity index (χ0v) is 17.0. The number of sulfonamides is 1. The highest BCUT2D eigenvalue weighted by Gasteiger charge is 2.22. The summed E-state index contributed by atoms with van der Waals surface area (Å²) in [4.78, 5) is 24.0. The van der Waals surface area contributed by atoms with Gasteiger partial charge in [-0.15, -0.1) is 0 Å². The van der Waals surface area contributed by atoms with Crippen LogP contribution in [0.1, 0.15) is 38.2 Å². The molecule has 0 bridgehead atoms. The molecule has 154 valence electrons. The average molecular weight is 410 g/mol. The van der Waals surface area contributed by atoms with Gasteiger partial charge in [0.15, 0.2) is 6.10 Å². The molecule has 0 spiro atoms. The molecule has 1 saturated carbocycles.